The van der Waals surface area contributed by atoms with Gasteiger partial charge in [0.15, 0.2) is 0 Å². The third kappa shape index (κ3) is 4.60. The summed E-state index contributed by atoms with van der Waals surface area (Å²) in [6.07, 6.45) is 1.74. The van der Waals surface area contributed by atoms with Crippen molar-refractivity contribution in [3.63, 3.8) is 0 Å². The number of aliphatic hydroxyl groups excluding tert-OH is 1. The lowest BCUT2D eigenvalue weighted by molar-refractivity contribution is -0.122. The summed E-state index contributed by atoms with van der Waals surface area (Å²) in [7, 11) is 0. The normalized spacial score (nSPS) is 19.3. The van der Waals surface area contributed by atoms with E-state index in [1.54, 1.807) is 11.3 Å². The first-order valence-electron chi connectivity index (χ1n) is 6.84. The van der Waals surface area contributed by atoms with Gasteiger partial charge in [-0.3, -0.25) is 9.69 Å². The quantitative estimate of drug-likeness (QED) is 0.859. The summed E-state index contributed by atoms with van der Waals surface area (Å²) in [5.41, 5.74) is 0. The van der Waals surface area contributed by atoms with Gasteiger partial charge in [-0.15, -0.1) is 11.3 Å². The van der Waals surface area contributed by atoms with Gasteiger partial charge in [-0.2, -0.15) is 0 Å². The van der Waals surface area contributed by atoms with Crippen molar-refractivity contribution >= 4 is 17.2 Å². The van der Waals surface area contributed by atoms with E-state index in [4.69, 9.17) is 0 Å². The Morgan fingerprint density at radius 2 is 2.32 bits per heavy atom. The fourth-order valence-corrected chi connectivity index (χ4v) is 3.10. The van der Waals surface area contributed by atoms with Gasteiger partial charge in [0, 0.05) is 4.88 Å². The van der Waals surface area contributed by atoms with Crippen molar-refractivity contribution in [2.45, 2.75) is 32.4 Å². The molecule has 5 heteroatoms. The molecule has 2 rings (SSSR count). The highest BCUT2D eigenvalue weighted by atomic mass is 32.1. The SMILES string of the molecule is C[C@H](O)C1CCN(CC(=O)NCc2cccs2)CC1. The molecule has 2 N–H and O–H groups in total. The van der Waals surface area contributed by atoms with Crippen molar-refractivity contribution < 1.29 is 9.90 Å². The van der Waals surface area contributed by atoms with E-state index < -0.39 is 0 Å². The van der Waals surface area contributed by atoms with E-state index in [1.807, 2.05) is 24.4 Å². The molecular weight excluding hydrogens is 260 g/mol. The fraction of sp³-hybridized carbons (Fsp3) is 0.643. The number of nitrogens with zero attached hydrogens (tertiary/aromatic N) is 1. The summed E-state index contributed by atoms with van der Waals surface area (Å²) in [6.45, 7) is 4.76. The lowest BCUT2D eigenvalue weighted by Gasteiger charge is -2.32. The van der Waals surface area contributed by atoms with Gasteiger partial charge in [0.25, 0.3) is 0 Å². The van der Waals surface area contributed by atoms with Crippen LogP contribution >= 0.6 is 11.3 Å². The molecule has 0 spiro atoms. The summed E-state index contributed by atoms with van der Waals surface area (Å²) < 4.78 is 0. The number of piperidine rings is 1. The largest absolute Gasteiger partial charge is 0.393 e. The molecule has 1 atom stereocenters. The first-order chi connectivity index (χ1) is 9.15. The zero-order valence-electron chi connectivity index (χ0n) is 11.3. The first kappa shape index (κ1) is 14.5. The van der Waals surface area contributed by atoms with E-state index in [0.29, 0.717) is 19.0 Å². The van der Waals surface area contributed by atoms with E-state index in [2.05, 4.69) is 10.2 Å². The van der Waals surface area contributed by atoms with Gasteiger partial charge in [-0.05, 0) is 50.2 Å². The molecule has 0 aliphatic carbocycles. The molecule has 0 unspecified atom stereocenters. The van der Waals surface area contributed by atoms with Crippen LogP contribution in [0.4, 0.5) is 0 Å². The van der Waals surface area contributed by atoms with Crippen LogP contribution in [0.25, 0.3) is 0 Å². The topological polar surface area (TPSA) is 52.6 Å². The standard InChI is InChI=1S/C14H22N2O2S/c1-11(17)12-4-6-16(7-5-12)10-14(18)15-9-13-3-2-8-19-13/h2-3,8,11-12,17H,4-7,9-10H2,1H3,(H,15,18)/t11-/m0/s1. The highest BCUT2D eigenvalue weighted by Crippen LogP contribution is 2.20. The van der Waals surface area contributed by atoms with Crippen molar-refractivity contribution in [1.29, 1.82) is 0 Å². The Kier molecular flexibility index (Phi) is 5.36. The van der Waals surface area contributed by atoms with Gasteiger partial charge >= 0.3 is 0 Å². The average molecular weight is 282 g/mol. The smallest absolute Gasteiger partial charge is 0.234 e. The molecule has 1 aromatic heterocycles. The van der Waals surface area contributed by atoms with Crippen LogP contribution in [0.15, 0.2) is 17.5 Å². The summed E-state index contributed by atoms with van der Waals surface area (Å²) in [4.78, 5) is 15.2. The summed E-state index contributed by atoms with van der Waals surface area (Å²) in [5.74, 6) is 0.481. The Morgan fingerprint density at radius 3 is 2.89 bits per heavy atom. The van der Waals surface area contributed by atoms with E-state index in [-0.39, 0.29) is 12.0 Å². The third-order valence-corrected chi connectivity index (χ3v) is 4.60. The van der Waals surface area contributed by atoms with Crippen molar-refractivity contribution in [3.05, 3.63) is 22.4 Å². The van der Waals surface area contributed by atoms with Gasteiger partial charge < -0.3 is 10.4 Å². The number of amides is 1. The second-order valence-corrected chi connectivity index (χ2v) is 6.24. The van der Waals surface area contributed by atoms with Crippen LogP contribution in [0.5, 0.6) is 0 Å². The molecule has 0 radical (unpaired) electrons. The van der Waals surface area contributed by atoms with Crippen molar-refractivity contribution in [2.75, 3.05) is 19.6 Å². The number of carbonyl (C=O) groups excluding carboxylic acids is 1. The maximum atomic E-state index is 11.8. The van der Waals surface area contributed by atoms with Crippen LogP contribution in [0.3, 0.4) is 0 Å². The Labute approximate surface area is 118 Å². The number of rotatable bonds is 5. The van der Waals surface area contributed by atoms with E-state index in [0.717, 1.165) is 25.9 Å². The maximum absolute atomic E-state index is 11.8. The van der Waals surface area contributed by atoms with Crippen LogP contribution in [0.1, 0.15) is 24.6 Å². The van der Waals surface area contributed by atoms with Crippen LogP contribution in [0, 0.1) is 5.92 Å². The minimum atomic E-state index is -0.227. The lowest BCUT2D eigenvalue weighted by atomic mass is 9.92. The highest BCUT2D eigenvalue weighted by molar-refractivity contribution is 7.09. The predicted octanol–water partition coefficient (Wildman–Crippen LogP) is 1.46. The first-order valence-corrected chi connectivity index (χ1v) is 7.72. The molecule has 0 bridgehead atoms. The van der Waals surface area contributed by atoms with Crippen LogP contribution in [0.2, 0.25) is 0 Å². The summed E-state index contributed by atoms with van der Waals surface area (Å²) in [5, 5.41) is 14.5. The molecule has 2 heterocycles. The van der Waals surface area contributed by atoms with E-state index in [9.17, 15) is 9.90 Å². The molecule has 106 valence electrons. The minimum Gasteiger partial charge on any atom is -0.393 e. The van der Waals surface area contributed by atoms with Gasteiger partial charge in [-0.25, -0.2) is 0 Å². The number of likely N-dealkylation sites (tertiary alicyclic amines) is 1. The molecule has 0 saturated carbocycles. The van der Waals surface area contributed by atoms with Crippen molar-refractivity contribution in [2.24, 2.45) is 5.92 Å². The number of hydrogen-bond acceptors (Lipinski definition) is 4. The van der Waals surface area contributed by atoms with Gasteiger partial charge in [-0.1, -0.05) is 6.07 Å². The Bertz CT molecular complexity index is 384. The molecule has 19 heavy (non-hydrogen) atoms. The Balaban J connectivity index is 1.66. The minimum absolute atomic E-state index is 0.0869. The van der Waals surface area contributed by atoms with Gasteiger partial charge in [0.05, 0.1) is 19.2 Å². The summed E-state index contributed by atoms with van der Waals surface area (Å²) in [6, 6.07) is 4.02. The molecule has 1 fully saturated rings. The van der Waals surface area contributed by atoms with Crippen molar-refractivity contribution in [1.82, 2.24) is 10.2 Å². The number of carbonyl (C=O) groups is 1. The lowest BCUT2D eigenvalue weighted by Crippen LogP contribution is -2.42. The van der Waals surface area contributed by atoms with Crippen LogP contribution in [-0.2, 0) is 11.3 Å². The monoisotopic (exact) mass is 282 g/mol. The molecule has 1 aliphatic heterocycles. The van der Waals surface area contributed by atoms with Gasteiger partial charge in [0.2, 0.25) is 5.91 Å². The van der Waals surface area contributed by atoms with Gasteiger partial charge in [0.1, 0.15) is 0 Å². The predicted molar refractivity (Wildman–Crippen MR) is 77.0 cm³/mol. The van der Waals surface area contributed by atoms with E-state index >= 15 is 0 Å². The number of aliphatic hydroxyl groups is 1. The average Bonchev–Trinajstić information content (AvgIpc) is 2.90. The molecular formula is C14H22N2O2S. The van der Waals surface area contributed by atoms with E-state index in [1.165, 1.54) is 4.88 Å². The van der Waals surface area contributed by atoms with Crippen LogP contribution < -0.4 is 5.32 Å². The van der Waals surface area contributed by atoms with Crippen molar-refractivity contribution in [3.8, 4) is 0 Å². The Morgan fingerprint density at radius 1 is 1.58 bits per heavy atom. The zero-order valence-corrected chi connectivity index (χ0v) is 12.2. The number of nitrogens with one attached hydrogen (secondary N) is 1. The zero-order chi connectivity index (χ0) is 13.7. The second kappa shape index (κ2) is 7.03. The molecule has 1 amide bonds. The molecule has 1 aromatic rings. The molecule has 0 aromatic carbocycles. The second-order valence-electron chi connectivity index (χ2n) is 5.21. The van der Waals surface area contributed by atoms with Crippen LogP contribution in [-0.4, -0.2) is 41.7 Å². The molecule has 1 aliphatic rings. The number of hydrogen-bond donors (Lipinski definition) is 2. The maximum Gasteiger partial charge on any atom is 0.234 e. The third-order valence-electron chi connectivity index (χ3n) is 3.72. The highest BCUT2D eigenvalue weighted by Gasteiger charge is 2.23. The number of thiophene rings is 1. The fourth-order valence-electron chi connectivity index (χ4n) is 2.45. The molecule has 1 saturated heterocycles. The molecule has 4 nitrogen and oxygen atoms in total. The summed E-state index contributed by atoms with van der Waals surface area (Å²) >= 11 is 1.66. The Hall–Kier alpha value is -0.910.